The van der Waals surface area contributed by atoms with Crippen molar-refractivity contribution in [2.24, 2.45) is 0 Å². The van der Waals surface area contributed by atoms with Gasteiger partial charge in [-0.25, -0.2) is 0 Å². The molecule has 0 aliphatic carbocycles. The molecule has 1 aliphatic rings. The van der Waals surface area contributed by atoms with Gasteiger partial charge in [0.25, 0.3) is 11.6 Å². The number of nitrogens with one attached hydrogen (secondary N) is 1. The standard InChI is InChI=1S/C20H23N3O4/c1-27-17-7-4-15(5-8-17)10-11-21-20(24)16-6-9-18(19(14-16)23(25)26)22-12-2-3-13-22/h4-9,14H,2-3,10-13H2,1H3,(H,21,24). The maximum absolute atomic E-state index is 12.4. The lowest BCUT2D eigenvalue weighted by Crippen LogP contribution is -2.26. The van der Waals surface area contributed by atoms with E-state index in [1.165, 1.54) is 6.07 Å². The Morgan fingerprint density at radius 3 is 2.52 bits per heavy atom. The van der Waals surface area contributed by atoms with E-state index in [1.54, 1.807) is 19.2 Å². The number of hydrogen-bond donors (Lipinski definition) is 1. The number of anilines is 1. The maximum atomic E-state index is 12.4. The van der Waals surface area contributed by atoms with Gasteiger partial charge in [-0.2, -0.15) is 0 Å². The molecule has 142 valence electrons. The molecule has 1 saturated heterocycles. The van der Waals surface area contributed by atoms with Gasteiger partial charge in [-0.05, 0) is 49.1 Å². The average molecular weight is 369 g/mol. The lowest BCUT2D eigenvalue weighted by molar-refractivity contribution is -0.384. The highest BCUT2D eigenvalue weighted by Gasteiger charge is 2.23. The first-order valence-corrected chi connectivity index (χ1v) is 9.03. The smallest absolute Gasteiger partial charge is 0.293 e. The molecule has 0 radical (unpaired) electrons. The summed E-state index contributed by atoms with van der Waals surface area (Å²) < 4.78 is 5.12. The molecule has 2 aromatic rings. The summed E-state index contributed by atoms with van der Waals surface area (Å²) in [5.41, 5.74) is 1.96. The number of benzene rings is 2. The molecule has 7 heteroatoms. The van der Waals surface area contributed by atoms with Crippen LogP contribution in [0, 0.1) is 10.1 Å². The van der Waals surface area contributed by atoms with Crippen molar-refractivity contribution in [2.75, 3.05) is 31.6 Å². The van der Waals surface area contributed by atoms with Crippen molar-refractivity contribution in [1.29, 1.82) is 0 Å². The molecule has 0 saturated carbocycles. The Kier molecular flexibility index (Phi) is 5.90. The van der Waals surface area contributed by atoms with Crippen LogP contribution in [0.4, 0.5) is 11.4 Å². The molecule has 1 amide bonds. The zero-order valence-electron chi connectivity index (χ0n) is 15.3. The van der Waals surface area contributed by atoms with E-state index in [-0.39, 0.29) is 11.6 Å². The van der Waals surface area contributed by atoms with Gasteiger partial charge in [0.2, 0.25) is 0 Å². The lowest BCUT2D eigenvalue weighted by atomic mass is 10.1. The number of nitro benzene ring substituents is 1. The third-order valence-corrected chi connectivity index (χ3v) is 4.74. The van der Waals surface area contributed by atoms with E-state index in [4.69, 9.17) is 4.74 Å². The van der Waals surface area contributed by atoms with Crippen LogP contribution in [0.25, 0.3) is 0 Å². The van der Waals surface area contributed by atoms with Crippen molar-refractivity contribution < 1.29 is 14.5 Å². The SMILES string of the molecule is COc1ccc(CCNC(=O)c2ccc(N3CCCC3)c([N+](=O)[O-])c2)cc1. The van der Waals surface area contributed by atoms with Crippen molar-refractivity contribution in [3.8, 4) is 5.75 Å². The van der Waals surface area contributed by atoms with Crippen molar-refractivity contribution in [2.45, 2.75) is 19.3 Å². The fourth-order valence-electron chi connectivity index (χ4n) is 3.25. The number of methoxy groups -OCH3 is 1. The lowest BCUT2D eigenvalue weighted by Gasteiger charge is -2.17. The third-order valence-electron chi connectivity index (χ3n) is 4.74. The zero-order valence-corrected chi connectivity index (χ0v) is 15.3. The highest BCUT2D eigenvalue weighted by molar-refractivity contribution is 5.95. The first-order valence-electron chi connectivity index (χ1n) is 9.03. The Labute approximate surface area is 158 Å². The molecule has 1 fully saturated rings. The highest BCUT2D eigenvalue weighted by Crippen LogP contribution is 2.31. The zero-order chi connectivity index (χ0) is 19.2. The van der Waals surface area contributed by atoms with Crippen LogP contribution >= 0.6 is 0 Å². The fourth-order valence-corrected chi connectivity index (χ4v) is 3.25. The predicted octanol–water partition coefficient (Wildman–Crippen LogP) is 3.18. The third kappa shape index (κ3) is 4.55. The molecule has 1 aliphatic heterocycles. The Balaban J connectivity index is 1.63. The number of amides is 1. The van der Waals surface area contributed by atoms with Gasteiger partial charge in [-0.15, -0.1) is 0 Å². The van der Waals surface area contributed by atoms with E-state index in [9.17, 15) is 14.9 Å². The molecule has 0 spiro atoms. The van der Waals surface area contributed by atoms with Crippen LogP contribution in [0.3, 0.4) is 0 Å². The van der Waals surface area contributed by atoms with E-state index in [0.29, 0.717) is 24.2 Å². The van der Waals surface area contributed by atoms with Gasteiger partial charge in [-0.1, -0.05) is 12.1 Å². The molecular formula is C20H23N3O4. The number of carbonyl (C=O) groups excluding carboxylic acids is 1. The summed E-state index contributed by atoms with van der Waals surface area (Å²) in [7, 11) is 1.61. The Morgan fingerprint density at radius 1 is 1.19 bits per heavy atom. The van der Waals surface area contributed by atoms with Crippen molar-refractivity contribution in [3.05, 3.63) is 63.7 Å². The molecule has 0 bridgehead atoms. The summed E-state index contributed by atoms with van der Waals surface area (Å²) in [6.45, 7) is 2.08. The number of carbonyl (C=O) groups is 1. The van der Waals surface area contributed by atoms with Gasteiger partial charge in [-0.3, -0.25) is 14.9 Å². The first-order chi connectivity index (χ1) is 13.1. The van der Waals surface area contributed by atoms with Gasteiger partial charge in [0.15, 0.2) is 0 Å². The Bertz CT molecular complexity index is 814. The van der Waals surface area contributed by atoms with E-state index >= 15 is 0 Å². The van der Waals surface area contributed by atoms with E-state index in [2.05, 4.69) is 5.32 Å². The van der Waals surface area contributed by atoms with Crippen molar-refractivity contribution >= 4 is 17.3 Å². The Hall–Kier alpha value is -3.09. The molecule has 1 N–H and O–H groups in total. The Morgan fingerprint density at radius 2 is 1.89 bits per heavy atom. The van der Waals surface area contributed by atoms with Crippen molar-refractivity contribution in [3.63, 3.8) is 0 Å². The molecular weight excluding hydrogens is 346 g/mol. The predicted molar refractivity (Wildman–Crippen MR) is 104 cm³/mol. The maximum Gasteiger partial charge on any atom is 0.293 e. The summed E-state index contributed by atoms with van der Waals surface area (Å²) in [5.74, 6) is 0.479. The van der Waals surface area contributed by atoms with Crippen LogP contribution < -0.4 is 15.0 Å². The van der Waals surface area contributed by atoms with E-state index in [0.717, 1.165) is 37.2 Å². The van der Waals surface area contributed by atoms with Gasteiger partial charge in [0.05, 0.1) is 12.0 Å². The van der Waals surface area contributed by atoms with Crippen LogP contribution in [0.1, 0.15) is 28.8 Å². The number of rotatable bonds is 7. The topological polar surface area (TPSA) is 84.7 Å². The average Bonchev–Trinajstić information content (AvgIpc) is 3.22. The van der Waals surface area contributed by atoms with E-state index in [1.807, 2.05) is 29.2 Å². The molecule has 1 heterocycles. The highest BCUT2D eigenvalue weighted by atomic mass is 16.6. The summed E-state index contributed by atoms with van der Waals surface area (Å²) in [4.78, 5) is 25.4. The molecule has 2 aromatic carbocycles. The summed E-state index contributed by atoms with van der Waals surface area (Å²) in [6.07, 6.45) is 2.74. The number of hydrogen-bond acceptors (Lipinski definition) is 5. The molecule has 0 unspecified atom stereocenters. The fraction of sp³-hybridized carbons (Fsp3) is 0.350. The minimum atomic E-state index is -0.415. The minimum Gasteiger partial charge on any atom is -0.497 e. The van der Waals surface area contributed by atoms with Crippen LogP contribution in [0.5, 0.6) is 5.75 Å². The molecule has 7 nitrogen and oxygen atoms in total. The van der Waals surface area contributed by atoms with Gasteiger partial charge in [0, 0.05) is 31.3 Å². The van der Waals surface area contributed by atoms with Crippen LogP contribution in [-0.2, 0) is 6.42 Å². The summed E-state index contributed by atoms with van der Waals surface area (Å²) in [5, 5.41) is 14.3. The number of nitrogens with zero attached hydrogens (tertiary/aromatic N) is 2. The summed E-state index contributed by atoms with van der Waals surface area (Å²) in [6, 6.07) is 12.3. The second kappa shape index (κ2) is 8.53. The van der Waals surface area contributed by atoms with E-state index < -0.39 is 4.92 Å². The second-order valence-electron chi connectivity index (χ2n) is 6.51. The second-order valence-corrected chi connectivity index (χ2v) is 6.51. The van der Waals surface area contributed by atoms with Crippen molar-refractivity contribution in [1.82, 2.24) is 5.32 Å². The summed E-state index contributed by atoms with van der Waals surface area (Å²) >= 11 is 0. The number of nitro groups is 1. The first kappa shape index (κ1) is 18.7. The van der Waals surface area contributed by atoms with Crippen LogP contribution in [-0.4, -0.2) is 37.6 Å². The monoisotopic (exact) mass is 369 g/mol. The van der Waals surface area contributed by atoms with Crippen LogP contribution in [0.15, 0.2) is 42.5 Å². The van der Waals surface area contributed by atoms with Gasteiger partial charge < -0.3 is 15.0 Å². The molecule has 0 atom stereocenters. The minimum absolute atomic E-state index is 0.0142. The van der Waals surface area contributed by atoms with Gasteiger partial charge in [0.1, 0.15) is 11.4 Å². The molecule has 27 heavy (non-hydrogen) atoms. The largest absolute Gasteiger partial charge is 0.497 e. The quantitative estimate of drug-likeness (QED) is 0.598. The molecule has 0 aromatic heterocycles. The van der Waals surface area contributed by atoms with Crippen LogP contribution in [0.2, 0.25) is 0 Å². The number of ether oxygens (including phenoxy) is 1. The molecule has 3 rings (SSSR count). The van der Waals surface area contributed by atoms with Gasteiger partial charge >= 0.3 is 0 Å². The normalized spacial score (nSPS) is 13.4.